The molecule has 1 aliphatic heterocycles. The van der Waals surface area contributed by atoms with E-state index in [4.69, 9.17) is 4.74 Å². The number of benzene rings is 2. The van der Waals surface area contributed by atoms with E-state index in [0.29, 0.717) is 0 Å². The quantitative estimate of drug-likeness (QED) is 0.333. The highest BCUT2D eigenvalue weighted by Gasteiger charge is 2.43. The van der Waals surface area contributed by atoms with Gasteiger partial charge in [0.1, 0.15) is 0 Å². The molecule has 30 heavy (non-hydrogen) atoms. The molecule has 2 aliphatic rings. The molecule has 1 heterocycles. The SMILES string of the molecule is CN=C(NCc1ccccc1CN1CCOCC1)NCC1(c2ccccc2)CC1.I. The summed E-state index contributed by atoms with van der Waals surface area (Å²) in [6.07, 6.45) is 2.48. The van der Waals surface area contributed by atoms with E-state index in [1.807, 2.05) is 7.05 Å². The zero-order valence-corrected chi connectivity index (χ0v) is 20.1. The summed E-state index contributed by atoms with van der Waals surface area (Å²) in [6, 6.07) is 19.5. The molecule has 0 radical (unpaired) electrons. The first-order valence-corrected chi connectivity index (χ1v) is 10.7. The largest absolute Gasteiger partial charge is 0.379 e. The van der Waals surface area contributed by atoms with Crippen LogP contribution in [0.25, 0.3) is 0 Å². The number of hydrogen-bond acceptors (Lipinski definition) is 3. The third-order valence-corrected chi connectivity index (χ3v) is 6.12. The number of aliphatic imine (C=N–C) groups is 1. The van der Waals surface area contributed by atoms with E-state index < -0.39 is 0 Å². The van der Waals surface area contributed by atoms with Crippen molar-refractivity contribution in [3.05, 3.63) is 71.3 Å². The van der Waals surface area contributed by atoms with Crippen molar-refractivity contribution in [1.29, 1.82) is 0 Å². The second kappa shape index (κ2) is 11.1. The van der Waals surface area contributed by atoms with Gasteiger partial charge in [0.25, 0.3) is 0 Å². The summed E-state index contributed by atoms with van der Waals surface area (Å²) in [5, 5.41) is 7.06. The second-order valence-electron chi connectivity index (χ2n) is 8.08. The molecule has 2 aromatic rings. The number of hydrogen-bond donors (Lipinski definition) is 2. The number of nitrogens with one attached hydrogen (secondary N) is 2. The molecule has 0 amide bonds. The van der Waals surface area contributed by atoms with Crippen LogP contribution in [0.15, 0.2) is 59.6 Å². The van der Waals surface area contributed by atoms with Crippen LogP contribution in [0.3, 0.4) is 0 Å². The van der Waals surface area contributed by atoms with Crippen LogP contribution in [0.2, 0.25) is 0 Å². The number of nitrogens with zero attached hydrogens (tertiary/aromatic N) is 2. The van der Waals surface area contributed by atoms with E-state index in [-0.39, 0.29) is 29.4 Å². The van der Waals surface area contributed by atoms with Crippen molar-refractivity contribution < 1.29 is 4.74 Å². The monoisotopic (exact) mass is 520 g/mol. The highest BCUT2D eigenvalue weighted by Crippen LogP contribution is 2.47. The predicted octanol–water partition coefficient (Wildman–Crippen LogP) is 3.53. The van der Waals surface area contributed by atoms with E-state index in [2.05, 4.69) is 75.1 Å². The maximum atomic E-state index is 5.47. The third-order valence-electron chi connectivity index (χ3n) is 6.12. The third kappa shape index (κ3) is 5.95. The minimum Gasteiger partial charge on any atom is -0.379 e. The van der Waals surface area contributed by atoms with E-state index in [1.54, 1.807) is 0 Å². The van der Waals surface area contributed by atoms with Gasteiger partial charge in [0.2, 0.25) is 0 Å². The van der Waals surface area contributed by atoms with Gasteiger partial charge in [-0.2, -0.15) is 0 Å². The molecule has 0 atom stereocenters. The molecule has 1 saturated heterocycles. The number of halogens is 1. The van der Waals surface area contributed by atoms with Crippen LogP contribution in [0.1, 0.15) is 29.5 Å². The molecule has 0 spiro atoms. The Morgan fingerprint density at radius 3 is 2.30 bits per heavy atom. The molecule has 162 valence electrons. The Morgan fingerprint density at radius 1 is 0.967 bits per heavy atom. The molecular formula is C24H33IN4O. The van der Waals surface area contributed by atoms with Crippen molar-refractivity contribution in [2.75, 3.05) is 39.9 Å². The lowest BCUT2D eigenvalue weighted by molar-refractivity contribution is 0.0341. The maximum absolute atomic E-state index is 5.47. The van der Waals surface area contributed by atoms with Crippen LogP contribution in [-0.4, -0.2) is 50.8 Å². The molecule has 2 aromatic carbocycles. The van der Waals surface area contributed by atoms with Gasteiger partial charge in [-0.3, -0.25) is 9.89 Å². The van der Waals surface area contributed by atoms with Gasteiger partial charge in [0.05, 0.1) is 13.2 Å². The van der Waals surface area contributed by atoms with Gasteiger partial charge in [-0.15, -0.1) is 24.0 Å². The highest BCUT2D eigenvalue weighted by molar-refractivity contribution is 14.0. The van der Waals surface area contributed by atoms with Crippen molar-refractivity contribution in [1.82, 2.24) is 15.5 Å². The Hall–Kier alpha value is -1.64. The lowest BCUT2D eigenvalue weighted by Crippen LogP contribution is -2.41. The maximum Gasteiger partial charge on any atom is 0.191 e. The van der Waals surface area contributed by atoms with E-state index in [9.17, 15) is 0 Å². The van der Waals surface area contributed by atoms with E-state index in [1.165, 1.54) is 29.5 Å². The fourth-order valence-corrected chi connectivity index (χ4v) is 4.05. The predicted molar refractivity (Wildman–Crippen MR) is 134 cm³/mol. The fraction of sp³-hybridized carbons (Fsp3) is 0.458. The highest BCUT2D eigenvalue weighted by atomic mass is 127. The van der Waals surface area contributed by atoms with E-state index in [0.717, 1.165) is 51.9 Å². The average molecular weight is 520 g/mol. The van der Waals surface area contributed by atoms with Crippen molar-refractivity contribution in [2.45, 2.75) is 31.3 Å². The summed E-state index contributed by atoms with van der Waals surface area (Å²) in [6.45, 7) is 6.36. The van der Waals surface area contributed by atoms with Gasteiger partial charge in [-0.1, -0.05) is 54.6 Å². The number of guanidine groups is 1. The van der Waals surface area contributed by atoms with Gasteiger partial charge in [0.15, 0.2) is 5.96 Å². The topological polar surface area (TPSA) is 48.9 Å². The first kappa shape index (κ1) is 23.0. The average Bonchev–Trinajstić information content (AvgIpc) is 3.57. The summed E-state index contributed by atoms with van der Waals surface area (Å²) in [5.41, 5.74) is 4.40. The van der Waals surface area contributed by atoms with Crippen LogP contribution in [-0.2, 0) is 23.2 Å². The Bertz CT molecular complexity index is 817. The number of rotatable bonds is 7. The Kier molecular flexibility index (Phi) is 8.53. The van der Waals surface area contributed by atoms with Crippen molar-refractivity contribution in [3.8, 4) is 0 Å². The van der Waals surface area contributed by atoms with Gasteiger partial charge in [0, 0.05) is 45.2 Å². The van der Waals surface area contributed by atoms with Crippen molar-refractivity contribution in [2.24, 2.45) is 4.99 Å². The van der Waals surface area contributed by atoms with Gasteiger partial charge in [-0.05, 0) is 29.5 Å². The van der Waals surface area contributed by atoms with Gasteiger partial charge < -0.3 is 15.4 Å². The standard InChI is InChI=1S/C24H32N4O.HI/c1-25-23(27-19-24(11-12-24)22-9-3-2-4-10-22)26-17-20-7-5-6-8-21(20)18-28-13-15-29-16-14-28;/h2-10H,11-19H2,1H3,(H2,25,26,27);1H. The fourth-order valence-electron chi connectivity index (χ4n) is 4.05. The second-order valence-corrected chi connectivity index (χ2v) is 8.08. The molecule has 5 nitrogen and oxygen atoms in total. The molecule has 2 fully saturated rings. The molecule has 4 rings (SSSR count). The lowest BCUT2D eigenvalue weighted by Gasteiger charge is -2.27. The molecule has 1 saturated carbocycles. The molecule has 0 bridgehead atoms. The van der Waals surface area contributed by atoms with Crippen LogP contribution in [0.5, 0.6) is 0 Å². The normalized spacial score (nSPS) is 18.4. The van der Waals surface area contributed by atoms with Crippen LogP contribution in [0.4, 0.5) is 0 Å². The first-order chi connectivity index (χ1) is 14.3. The van der Waals surface area contributed by atoms with Crippen LogP contribution < -0.4 is 10.6 Å². The minimum absolute atomic E-state index is 0. The van der Waals surface area contributed by atoms with Gasteiger partial charge >= 0.3 is 0 Å². The Labute approximate surface area is 197 Å². The first-order valence-electron chi connectivity index (χ1n) is 10.7. The van der Waals surface area contributed by atoms with Crippen LogP contribution in [0, 0.1) is 0 Å². The molecule has 6 heteroatoms. The molecular weight excluding hydrogens is 487 g/mol. The summed E-state index contributed by atoms with van der Waals surface area (Å²) in [5.74, 6) is 0.869. The summed E-state index contributed by atoms with van der Waals surface area (Å²) >= 11 is 0. The smallest absolute Gasteiger partial charge is 0.191 e. The molecule has 0 unspecified atom stereocenters. The van der Waals surface area contributed by atoms with Crippen molar-refractivity contribution >= 4 is 29.9 Å². The van der Waals surface area contributed by atoms with Crippen LogP contribution >= 0.6 is 24.0 Å². The minimum atomic E-state index is 0. The molecule has 1 aliphatic carbocycles. The summed E-state index contributed by atoms with van der Waals surface area (Å²) in [4.78, 5) is 6.90. The number of morpholine rings is 1. The van der Waals surface area contributed by atoms with Crippen molar-refractivity contribution in [3.63, 3.8) is 0 Å². The van der Waals surface area contributed by atoms with E-state index >= 15 is 0 Å². The Morgan fingerprint density at radius 2 is 1.63 bits per heavy atom. The molecule has 0 aromatic heterocycles. The summed E-state index contributed by atoms with van der Waals surface area (Å²) in [7, 11) is 1.84. The lowest BCUT2D eigenvalue weighted by atomic mass is 9.96. The zero-order chi connectivity index (χ0) is 19.9. The zero-order valence-electron chi connectivity index (χ0n) is 17.8. The Balaban J connectivity index is 0.00000256. The molecule has 2 N–H and O–H groups in total. The summed E-state index contributed by atoms with van der Waals surface area (Å²) < 4.78 is 5.47. The number of ether oxygens (including phenoxy) is 1. The van der Waals surface area contributed by atoms with Gasteiger partial charge in [-0.25, -0.2) is 0 Å².